The summed E-state index contributed by atoms with van der Waals surface area (Å²) in [6.07, 6.45) is 9.00. The first kappa shape index (κ1) is 14.4. The van der Waals surface area contributed by atoms with Gasteiger partial charge >= 0.3 is 0 Å². The molecule has 2 aliphatic carbocycles. The van der Waals surface area contributed by atoms with Crippen molar-refractivity contribution in [3.8, 4) is 0 Å². The van der Waals surface area contributed by atoms with E-state index in [1.54, 1.807) is 6.42 Å². The minimum absolute atomic E-state index is 0.669. The van der Waals surface area contributed by atoms with Crippen LogP contribution in [0.5, 0.6) is 0 Å². The Hall–Kier alpha value is -0.0400. The van der Waals surface area contributed by atoms with Gasteiger partial charge in [-0.1, -0.05) is 40.5 Å². The minimum atomic E-state index is 0.669. The smallest absolute Gasteiger partial charge is 0.00107 e. The molecule has 0 heterocycles. The van der Waals surface area contributed by atoms with Gasteiger partial charge in [0.2, 0.25) is 0 Å². The number of hydrogen-bond donors (Lipinski definition) is 1. The fraction of sp³-hybridized carbons (Fsp3) is 1.00. The van der Waals surface area contributed by atoms with Crippen LogP contribution in [0.4, 0.5) is 0 Å². The zero-order chi connectivity index (χ0) is 13.2. The molecule has 2 rings (SSSR count). The van der Waals surface area contributed by atoms with Crippen LogP contribution in [0.2, 0.25) is 0 Å². The maximum absolute atomic E-state index is 3.78. The largest absolute Gasteiger partial charge is 0.316 e. The van der Waals surface area contributed by atoms with Crippen LogP contribution >= 0.6 is 0 Å². The van der Waals surface area contributed by atoms with Crippen molar-refractivity contribution in [1.82, 2.24) is 5.32 Å². The van der Waals surface area contributed by atoms with Gasteiger partial charge in [0.05, 0.1) is 0 Å². The van der Waals surface area contributed by atoms with Crippen molar-refractivity contribution >= 4 is 0 Å². The van der Waals surface area contributed by atoms with Crippen LogP contribution in [0.3, 0.4) is 0 Å². The molecular formula is C17H33N. The normalized spacial score (nSPS) is 35.0. The second kappa shape index (κ2) is 5.94. The zero-order valence-corrected chi connectivity index (χ0v) is 13.0. The van der Waals surface area contributed by atoms with E-state index >= 15 is 0 Å². The predicted molar refractivity (Wildman–Crippen MR) is 79.7 cm³/mol. The Kier molecular flexibility index (Phi) is 4.75. The third-order valence-corrected chi connectivity index (χ3v) is 5.35. The fourth-order valence-corrected chi connectivity index (χ4v) is 4.36. The number of rotatable bonds is 7. The topological polar surface area (TPSA) is 12.0 Å². The summed E-state index contributed by atoms with van der Waals surface area (Å²) < 4.78 is 0. The van der Waals surface area contributed by atoms with Gasteiger partial charge in [0.15, 0.2) is 0 Å². The molecule has 1 N–H and O–H groups in total. The zero-order valence-electron chi connectivity index (χ0n) is 13.0. The lowest BCUT2D eigenvalue weighted by Gasteiger charge is -2.39. The molecule has 1 heteroatoms. The minimum Gasteiger partial charge on any atom is -0.316 e. The predicted octanol–water partition coefficient (Wildman–Crippen LogP) is 4.47. The van der Waals surface area contributed by atoms with Gasteiger partial charge in [0.1, 0.15) is 0 Å². The van der Waals surface area contributed by atoms with E-state index in [4.69, 9.17) is 0 Å². The van der Waals surface area contributed by atoms with Gasteiger partial charge in [-0.25, -0.2) is 0 Å². The van der Waals surface area contributed by atoms with E-state index in [0.29, 0.717) is 5.41 Å². The summed E-state index contributed by atoms with van der Waals surface area (Å²) in [5, 5.41) is 3.78. The quantitative estimate of drug-likeness (QED) is 0.703. The van der Waals surface area contributed by atoms with Crippen molar-refractivity contribution in [3.05, 3.63) is 0 Å². The van der Waals surface area contributed by atoms with Crippen LogP contribution in [0, 0.1) is 29.1 Å². The molecule has 0 aromatic carbocycles. The van der Waals surface area contributed by atoms with E-state index in [1.165, 1.54) is 45.2 Å². The first-order chi connectivity index (χ1) is 8.52. The van der Waals surface area contributed by atoms with Gasteiger partial charge in [0.25, 0.3) is 0 Å². The number of fused-ring (bicyclic) bond motifs is 2. The van der Waals surface area contributed by atoms with E-state index in [9.17, 15) is 0 Å². The van der Waals surface area contributed by atoms with Crippen LogP contribution in [-0.2, 0) is 0 Å². The summed E-state index contributed by atoms with van der Waals surface area (Å²) in [6, 6.07) is 0. The molecule has 0 spiro atoms. The molecule has 1 nitrogen and oxygen atoms in total. The number of nitrogens with one attached hydrogen (secondary N) is 1. The lowest BCUT2D eigenvalue weighted by atomic mass is 9.69. The molecule has 0 aliphatic heterocycles. The highest BCUT2D eigenvalue weighted by Gasteiger charge is 2.49. The highest BCUT2D eigenvalue weighted by atomic mass is 14.9. The van der Waals surface area contributed by atoms with Crippen molar-refractivity contribution in [2.24, 2.45) is 29.1 Å². The second-order valence-corrected chi connectivity index (χ2v) is 7.90. The maximum Gasteiger partial charge on any atom is 0.00107 e. The van der Waals surface area contributed by atoms with E-state index in [-0.39, 0.29) is 0 Å². The Labute approximate surface area is 114 Å². The van der Waals surface area contributed by atoms with Crippen LogP contribution < -0.4 is 5.32 Å². The lowest BCUT2D eigenvalue weighted by Crippen LogP contribution is -2.40. The number of hydrogen-bond acceptors (Lipinski definition) is 1. The Morgan fingerprint density at radius 1 is 1.11 bits per heavy atom. The molecular weight excluding hydrogens is 218 g/mol. The SMILES string of the molecule is CC(C)CCC1(CNCC(C)C)CC2CCC1C2. The molecule has 0 radical (unpaired) electrons. The molecule has 2 aliphatic rings. The summed E-state index contributed by atoms with van der Waals surface area (Å²) in [6.45, 7) is 11.9. The van der Waals surface area contributed by atoms with E-state index in [0.717, 1.165) is 23.7 Å². The van der Waals surface area contributed by atoms with Gasteiger partial charge < -0.3 is 5.32 Å². The molecule has 2 fully saturated rings. The van der Waals surface area contributed by atoms with Crippen LogP contribution in [0.15, 0.2) is 0 Å². The van der Waals surface area contributed by atoms with Gasteiger partial charge in [0, 0.05) is 6.54 Å². The van der Waals surface area contributed by atoms with Crippen molar-refractivity contribution in [3.63, 3.8) is 0 Å². The van der Waals surface area contributed by atoms with Crippen LogP contribution in [0.1, 0.15) is 66.2 Å². The van der Waals surface area contributed by atoms with Crippen LogP contribution in [0.25, 0.3) is 0 Å². The van der Waals surface area contributed by atoms with Gasteiger partial charge in [-0.05, 0) is 61.3 Å². The summed E-state index contributed by atoms with van der Waals surface area (Å²) >= 11 is 0. The second-order valence-electron chi connectivity index (χ2n) is 7.90. The summed E-state index contributed by atoms with van der Waals surface area (Å²) in [4.78, 5) is 0. The molecule has 2 saturated carbocycles. The van der Waals surface area contributed by atoms with Gasteiger partial charge in [-0.2, -0.15) is 0 Å². The van der Waals surface area contributed by atoms with Crippen molar-refractivity contribution in [2.75, 3.05) is 13.1 Å². The highest BCUT2D eigenvalue weighted by molar-refractivity contribution is 5.01. The highest BCUT2D eigenvalue weighted by Crippen LogP contribution is 2.58. The Bertz CT molecular complexity index is 258. The van der Waals surface area contributed by atoms with E-state index in [2.05, 4.69) is 33.0 Å². The first-order valence-corrected chi connectivity index (χ1v) is 8.22. The van der Waals surface area contributed by atoms with Crippen molar-refractivity contribution in [2.45, 2.75) is 66.2 Å². The summed E-state index contributed by atoms with van der Waals surface area (Å²) in [5.74, 6) is 3.76. The molecule has 0 saturated heterocycles. The van der Waals surface area contributed by atoms with Crippen molar-refractivity contribution < 1.29 is 0 Å². The Balaban J connectivity index is 1.90. The summed E-state index contributed by atoms with van der Waals surface area (Å²) in [7, 11) is 0. The molecule has 2 bridgehead atoms. The molecule has 18 heavy (non-hydrogen) atoms. The molecule has 0 amide bonds. The first-order valence-electron chi connectivity index (χ1n) is 8.22. The molecule has 106 valence electrons. The monoisotopic (exact) mass is 251 g/mol. The Morgan fingerprint density at radius 2 is 1.89 bits per heavy atom. The molecule has 3 unspecified atom stereocenters. The third-order valence-electron chi connectivity index (χ3n) is 5.35. The van der Waals surface area contributed by atoms with Gasteiger partial charge in [-0.3, -0.25) is 0 Å². The average molecular weight is 251 g/mol. The van der Waals surface area contributed by atoms with Crippen LogP contribution in [-0.4, -0.2) is 13.1 Å². The molecule has 0 aromatic heterocycles. The van der Waals surface area contributed by atoms with Crippen molar-refractivity contribution in [1.29, 1.82) is 0 Å². The standard InChI is InChI=1S/C17H33N/c1-13(2)7-8-17(12-18-11-14(3)4)10-15-5-6-16(17)9-15/h13-16,18H,5-12H2,1-4H3. The van der Waals surface area contributed by atoms with Gasteiger partial charge in [-0.15, -0.1) is 0 Å². The molecule has 3 atom stereocenters. The lowest BCUT2D eigenvalue weighted by molar-refractivity contribution is 0.132. The molecule has 0 aromatic rings. The van der Waals surface area contributed by atoms with E-state index < -0.39 is 0 Å². The summed E-state index contributed by atoms with van der Waals surface area (Å²) in [5.41, 5.74) is 0.669. The fourth-order valence-electron chi connectivity index (χ4n) is 4.36. The van der Waals surface area contributed by atoms with E-state index in [1.807, 2.05) is 0 Å². The maximum atomic E-state index is 3.78. The third kappa shape index (κ3) is 3.29. The average Bonchev–Trinajstić information content (AvgIpc) is 2.86. The Morgan fingerprint density at radius 3 is 2.39 bits per heavy atom.